The minimum absolute atomic E-state index is 0.0384. The molecule has 0 aromatic heterocycles. The van der Waals surface area contributed by atoms with Gasteiger partial charge in [-0.15, -0.1) is 0 Å². The lowest BCUT2D eigenvalue weighted by Crippen LogP contribution is -2.41. The van der Waals surface area contributed by atoms with Crippen molar-refractivity contribution in [3.05, 3.63) is 59.2 Å². The predicted molar refractivity (Wildman–Crippen MR) is 121 cm³/mol. The van der Waals surface area contributed by atoms with Crippen LogP contribution >= 0.6 is 0 Å². The van der Waals surface area contributed by atoms with Crippen LogP contribution in [0.5, 0.6) is 5.75 Å². The zero-order valence-electron chi connectivity index (χ0n) is 17.9. The smallest absolute Gasteiger partial charge is 0.254 e. The van der Waals surface area contributed by atoms with E-state index in [1.807, 2.05) is 0 Å². The van der Waals surface area contributed by atoms with E-state index in [4.69, 9.17) is 11.1 Å². The Labute approximate surface area is 182 Å². The third-order valence-electron chi connectivity index (χ3n) is 5.76. The zero-order chi connectivity index (χ0) is 22.4. The van der Waals surface area contributed by atoms with Gasteiger partial charge in [0.25, 0.3) is 5.91 Å². The Bertz CT molecular complexity index is 950. The molecule has 1 fully saturated rings. The van der Waals surface area contributed by atoms with Crippen LogP contribution < -0.4 is 11.1 Å². The summed E-state index contributed by atoms with van der Waals surface area (Å²) in [4.78, 5) is 27.5. The predicted octanol–water partition coefficient (Wildman–Crippen LogP) is 3.65. The number of aryl methyl sites for hydroxylation is 1. The first-order valence-corrected chi connectivity index (χ1v) is 10.7. The number of carbonyl (C=O) groups is 2. The molecule has 1 saturated carbocycles. The number of phenolic OH excluding ortho intramolecular Hbond substituents is 1. The number of aromatic hydroxyl groups is 1. The van der Waals surface area contributed by atoms with Crippen LogP contribution in [0, 0.1) is 18.3 Å². The number of phenols is 1. The van der Waals surface area contributed by atoms with E-state index in [0.29, 0.717) is 34.8 Å². The largest absolute Gasteiger partial charge is 0.508 e. The van der Waals surface area contributed by atoms with Gasteiger partial charge < -0.3 is 21.1 Å². The molecule has 7 heteroatoms. The van der Waals surface area contributed by atoms with Crippen LogP contribution in [-0.2, 0) is 4.79 Å². The second-order valence-corrected chi connectivity index (χ2v) is 8.23. The van der Waals surface area contributed by atoms with Crippen molar-refractivity contribution < 1.29 is 14.7 Å². The molecule has 1 aliphatic rings. The van der Waals surface area contributed by atoms with Gasteiger partial charge in [0.05, 0.1) is 0 Å². The van der Waals surface area contributed by atoms with Gasteiger partial charge in [0.1, 0.15) is 18.1 Å². The Balaban J connectivity index is 1.73. The Morgan fingerprint density at radius 1 is 1.10 bits per heavy atom. The topological polar surface area (TPSA) is 120 Å². The highest BCUT2D eigenvalue weighted by molar-refractivity contribution is 6.00. The summed E-state index contributed by atoms with van der Waals surface area (Å²) < 4.78 is 0. The van der Waals surface area contributed by atoms with Crippen molar-refractivity contribution in [2.75, 3.05) is 18.4 Å². The fourth-order valence-corrected chi connectivity index (χ4v) is 3.93. The molecule has 3 rings (SSSR count). The van der Waals surface area contributed by atoms with Gasteiger partial charge in [-0.05, 0) is 67.6 Å². The van der Waals surface area contributed by atoms with Crippen LogP contribution in [0.3, 0.4) is 0 Å². The van der Waals surface area contributed by atoms with Crippen molar-refractivity contribution in [3.63, 3.8) is 0 Å². The normalized spacial score (nSPS) is 14.1. The lowest BCUT2D eigenvalue weighted by Gasteiger charge is -2.29. The molecule has 0 aliphatic heterocycles. The van der Waals surface area contributed by atoms with Gasteiger partial charge in [-0.25, -0.2) is 0 Å². The molecule has 31 heavy (non-hydrogen) atoms. The molecule has 2 aromatic carbocycles. The summed E-state index contributed by atoms with van der Waals surface area (Å²) in [7, 11) is 0. The molecule has 0 spiro atoms. The number of nitrogens with two attached hydrogens (primary N) is 1. The van der Waals surface area contributed by atoms with E-state index in [1.165, 1.54) is 12.5 Å². The molecule has 5 N–H and O–H groups in total. The number of amides is 2. The highest BCUT2D eigenvalue weighted by Gasteiger charge is 2.24. The maximum atomic E-state index is 13.2. The van der Waals surface area contributed by atoms with Gasteiger partial charge in [-0.3, -0.25) is 15.0 Å². The number of amidine groups is 1. The Morgan fingerprint density at radius 3 is 2.35 bits per heavy atom. The molecule has 164 valence electrons. The highest BCUT2D eigenvalue weighted by Crippen LogP contribution is 2.26. The summed E-state index contributed by atoms with van der Waals surface area (Å²) in [5, 5.41) is 20.3. The van der Waals surface area contributed by atoms with Gasteiger partial charge in [-0.2, -0.15) is 0 Å². The number of nitrogens with zero attached hydrogens (tertiary/aromatic N) is 1. The molecule has 1 aliphatic carbocycles. The van der Waals surface area contributed by atoms with Gasteiger partial charge in [0.15, 0.2) is 0 Å². The number of rotatable bonds is 7. The fraction of sp³-hybridized carbons (Fsp3) is 0.375. The molecule has 0 heterocycles. The molecule has 0 radical (unpaired) electrons. The van der Waals surface area contributed by atoms with E-state index in [0.717, 1.165) is 25.7 Å². The molecule has 2 amide bonds. The average Bonchev–Trinajstić information content (AvgIpc) is 2.76. The Morgan fingerprint density at radius 2 is 1.74 bits per heavy atom. The van der Waals surface area contributed by atoms with Crippen LogP contribution in [0.2, 0.25) is 0 Å². The summed E-state index contributed by atoms with van der Waals surface area (Å²) >= 11 is 0. The van der Waals surface area contributed by atoms with Crippen LogP contribution in [0.25, 0.3) is 0 Å². The van der Waals surface area contributed by atoms with Crippen molar-refractivity contribution in [1.82, 2.24) is 4.90 Å². The van der Waals surface area contributed by atoms with Crippen molar-refractivity contribution in [2.24, 2.45) is 11.7 Å². The van der Waals surface area contributed by atoms with Crippen molar-refractivity contribution in [3.8, 4) is 5.75 Å². The first kappa shape index (κ1) is 22.3. The minimum atomic E-state index is -0.295. The maximum Gasteiger partial charge on any atom is 0.254 e. The first-order chi connectivity index (χ1) is 14.8. The number of anilines is 1. The van der Waals surface area contributed by atoms with Crippen LogP contribution in [0.1, 0.15) is 53.6 Å². The third kappa shape index (κ3) is 6.07. The number of hydrogen-bond donors (Lipinski definition) is 4. The van der Waals surface area contributed by atoms with Gasteiger partial charge in [0.2, 0.25) is 5.91 Å². The average molecular weight is 423 g/mol. The number of benzene rings is 2. The summed E-state index contributed by atoms with van der Waals surface area (Å²) in [5.41, 5.74) is 7.68. The zero-order valence-corrected chi connectivity index (χ0v) is 17.9. The first-order valence-electron chi connectivity index (χ1n) is 10.7. The van der Waals surface area contributed by atoms with E-state index < -0.39 is 0 Å². The monoisotopic (exact) mass is 422 g/mol. The minimum Gasteiger partial charge on any atom is -0.508 e. The lowest BCUT2D eigenvalue weighted by molar-refractivity contribution is -0.117. The summed E-state index contributed by atoms with van der Waals surface area (Å²) in [6, 6.07) is 11.5. The summed E-state index contributed by atoms with van der Waals surface area (Å²) in [5.74, 6) is -0.152. The van der Waals surface area contributed by atoms with Crippen molar-refractivity contribution in [1.29, 1.82) is 5.41 Å². The third-order valence-corrected chi connectivity index (χ3v) is 5.76. The molecular weight excluding hydrogens is 392 g/mol. The van der Waals surface area contributed by atoms with Gasteiger partial charge in [-0.1, -0.05) is 25.3 Å². The van der Waals surface area contributed by atoms with E-state index in [9.17, 15) is 14.7 Å². The lowest BCUT2D eigenvalue weighted by atomic mass is 9.89. The quantitative estimate of drug-likeness (QED) is 0.402. The van der Waals surface area contributed by atoms with Crippen LogP contribution in [0.4, 0.5) is 5.69 Å². The van der Waals surface area contributed by atoms with E-state index in [2.05, 4.69) is 5.32 Å². The molecule has 2 aromatic rings. The Hall–Kier alpha value is -3.35. The van der Waals surface area contributed by atoms with E-state index in [1.54, 1.807) is 48.2 Å². The molecule has 0 atom stereocenters. The second kappa shape index (κ2) is 10.1. The molecular formula is C24H30N4O3. The number of hydrogen-bond acceptors (Lipinski definition) is 4. The molecule has 7 nitrogen and oxygen atoms in total. The van der Waals surface area contributed by atoms with E-state index in [-0.39, 0.29) is 29.9 Å². The van der Waals surface area contributed by atoms with Crippen molar-refractivity contribution >= 4 is 23.3 Å². The number of nitrogen functional groups attached to an aromatic ring is 1. The Kier molecular flexibility index (Phi) is 7.28. The van der Waals surface area contributed by atoms with Crippen LogP contribution in [0.15, 0.2) is 42.5 Å². The van der Waals surface area contributed by atoms with E-state index >= 15 is 0 Å². The number of nitrogens with one attached hydrogen (secondary N) is 2. The molecule has 0 saturated heterocycles. The second-order valence-electron chi connectivity index (χ2n) is 8.23. The SMILES string of the molecule is Cc1ccc(C(=O)N(CC(=O)Nc2ccc(C(=N)N)cc2)CC2CCCCC2)cc1O. The van der Waals surface area contributed by atoms with Gasteiger partial charge >= 0.3 is 0 Å². The van der Waals surface area contributed by atoms with Crippen LogP contribution in [-0.4, -0.2) is 40.7 Å². The maximum absolute atomic E-state index is 13.2. The number of carbonyl (C=O) groups excluding carboxylic acids is 2. The molecule has 0 unspecified atom stereocenters. The van der Waals surface area contributed by atoms with Gasteiger partial charge in [0, 0.05) is 23.4 Å². The molecule has 0 bridgehead atoms. The standard InChI is InChI=1S/C24H30N4O3/c1-16-7-8-19(13-21(16)29)24(31)28(14-17-5-3-2-4-6-17)15-22(30)27-20-11-9-18(10-12-20)23(25)26/h7-13,17,29H,2-6,14-15H2,1H3,(H3,25,26)(H,27,30). The summed E-state index contributed by atoms with van der Waals surface area (Å²) in [6.07, 6.45) is 5.61. The van der Waals surface area contributed by atoms with Crippen molar-refractivity contribution in [2.45, 2.75) is 39.0 Å². The fourth-order valence-electron chi connectivity index (χ4n) is 3.93. The highest BCUT2D eigenvalue weighted by atomic mass is 16.3. The summed E-state index contributed by atoms with van der Waals surface area (Å²) in [6.45, 7) is 2.22.